The standard InChI is InChI=1S/C14H15NO4/c1-3-18-14(17)9(2)19-12-6-4-5-11-10(12)7-8-15-13(11)16/h4-9H,3H2,1-2H3,(H,15,16)/t9-/m0/s1. The van der Waals surface area contributed by atoms with E-state index in [9.17, 15) is 9.59 Å². The summed E-state index contributed by atoms with van der Waals surface area (Å²) in [6.45, 7) is 3.66. The molecule has 0 saturated carbocycles. The SMILES string of the molecule is CCOC(=O)[C@H](C)Oc1cccc2c(=O)[nH]ccc12. The topological polar surface area (TPSA) is 68.4 Å². The molecule has 2 aromatic rings. The molecule has 0 fully saturated rings. The van der Waals surface area contributed by atoms with Gasteiger partial charge in [0.2, 0.25) is 0 Å². The van der Waals surface area contributed by atoms with E-state index in [0.29, 0.717) is 23.1 Å². The second-order valence-corrected chi connectivity index (χ2v) is 4.04. The van der Waals surface area contributed by atoms with Crippen LogP contribution < -0.4 is 10.3 Å². The molecule has 1 aromatic heterocycles. The highest BCUT2D eigenvalue weighted by molar-refractivity contribution is 5.87. The number of benzene rings is 1. The average Bonchev–Trinajstić information content (AvgIpc) is 2.40. The van der Waals surface area contributed by atoms with Crippen LogP contribution in [0, 0.1) is 0 Å². The van der Waals surface area contributed by atoms with Crippen LogP contribution in [0.25, 0.3) is 10.8 Å². The number of carbonyl (C=O) groups excluding carboxylic acids is 1. The maximum atomic E-state index is 11.7. The zero-order valence-corrected chi connectivity index (χ0v) is 10.8. The molecule has 0 radical (unpaired) electrons. The van der Waals surface area contributed by atoms with Gasteiger partial charge in [0.1, 0.15) is 5.75 Å². The summed E-state index contributed by atoms with van der Waals surface area (Å²) in [7, 11) is 0. The molecule has 0 aliphatic rings. The van der Waals surface area contributed by atoms with Gasteiger partial charge >= 0.3 is 5.97 Å². The first-order valence-corrected chi connectivity index (χ1v) is 6.07. The fraction of sp³-hybridized carbons (Fsp3) is 0.286. The van der Waals surface area contributed by atoms with Crippen molar-refractivity contribution in [2.45, 2.75) is 20.0 Å². The Bertz CT molecular complexity index is 647. The van der Waals surface area contributed by atoms with Crippen molar-refractivity contribution >= 4 is 16.7 Å². The molecule has 0 aliphatic carbocycles. The molecule has 0 spiro atoms. The van der Waals surface area contributed by atoms with Gasteiger partial charge in [-0.3, -0.25) is 4.79 Å². The van der Waals surface area contributed by atoms with Crippen LogP contribution >= 0.6 is 0 Å². The minimum Gasteiger partial charge on any atom is -0.478 e. The number of esters is 1. The summed E-state index contributed by atoms with van der Waals surface area (Å²) in [5.74, 6) is 0.0634. The lowest BCUT2D eigenvalue weighted by molar-refractivity contribution is -0.150. The van der Waals surface area contributed by atoms with Crippen LogP contribution in [0.2, 0.25) is 0 Å². The number of nitrogens with one attached hydrogen (secondary N) is 1. The number of aromatic nitrogens is 1. The number of aromatic amines is 1. The van der Waals surface area contributed by atoms with E-state index in [-0.39, 0.29) is 5.56 Å². The zero-order valence-electron chi connectivity index (χ0n) is 10.8. The van der Waals surface area contributed by atoms with Gasteiger partial charge in [-0.1, -0.05) is 6.07 Å². The Morgan fingerprint density at radius 2 is 2.11 bits per heavy atom. The first-order chi connectivity index (χ1) is 9.13. The van der Waals surface area contributed by atoms with Gasteiger partial charge in [0.25, 0.3) is 5.56 Å². The summed E-state index contributed by atoms with van der Waals surface area (Å²) in [6, 6.07) is 6.88. The molecule has 0 saturated heterocycles. The number of rotatable bonds is 4. The van der Waals surface area contributed by atoms with Crippen LogP contribution in [0.1, 0.15) is 13.8 Å². The Balaban J connectivity index is 2.33. The molecule has 5 nitrogen and oxygen atoms in total. The van der Waals surface area contributed by atoms with Gasteiger partial charge in [-0.25, -0.2) is 4.79 Å². The quantitative estimate of drug-likeness (QED) is 0.853. The Labute approximate surface area is 110 Å². The van der Waals surface area contributed by atoms with E-state index in [2.05, 4.69) is 4.98 Å². The van der Waals surface area contributed by atoms with E-state index in [1.807, 2.05) is 0 Å². The maximum absolute atomic E-state index is 11.7. The van der Waals surface area contributed by atoms with Gasteiger partial charge < -0.3 is 14.5 Å². The molecule has 5 heteroatoms. The smallest absolute Gasteiger partial charge is 0.347 e. The van der Waals surface area contributed by atoms with E-state index < -0.39 is 12.1 Å². The first kappa shape index (κ1) is 13.1. The van der Waals surface area contributed by atoms with Crippen molar-refractivity contribution in [1.82, 2.24) is 4.98 Å². The third-order valence-electron chi connectivity index (χ3n) is 2.70. The summed E-state index contributed by atoms with van der Waals surface area (Å²) < 4.78 is 10.4. The van der Waals surface area contributed by atoms with Crippen molar-refractivity contribution in [2.24, 2.45) is 0 Å². The largest absolute Gasteiger partial charge is 0.478 e. The summed E-state index contributed by atoms with van der Waals surface area (Å²) in [5.41, 5.74) is -0.188. The molecular formula is C14H15NO4. The number of H-pyrrole nitrogens is 1. The molecule has 100 valence electrons. The highest BCUT2D eigenvalue weighted by Crippen LogP contribution is 2.23. The Kier molecular flexibility index (Phi) is 3.85. The highest BCUT2D eigenvalue weighted by atomic mass is 16.6. The van der Waals surface area contributed by atoms with Crippen molar-refractivity contribution in [1.29, 1.82) is 0 Å². The minimum absolute atomic E-state index is 0.188. The lowest BCUT2D eigenvalue weighted by Crippen LogP contribution is -2.26. The normalized spacial score (nSPS) is 12.1. The van der Waals surface area contributed by atoms with Crippen LogP contribution in [0.5, 0.6) is 5.75 Å². The average molecular weight is 261 g/mol. The van der Waals surface area contributed by atoms with Crippen molar-refractivity contribution in [3.8, 4) is 5.75 Å². The zero-order chi connectivity index (χ0) is 13.8. The summed E-state index contributed by atoms with van der Waals surface area (Å²) in [5, 5.41) is 1.19. The fourth-order valence-corrected chi connectivity index (χ4v) is 1.79. The fourth-order valence-electron chi connectivity index (χ4n) is 1.79. The lowest BCUT2D eigenvalue weighted by atomic mass is 10.1. The number of hydrogen-bond acceptors (Lipinski definition) is 4. The Hall–Kier alpha value is -2.30. The van der Waals surface area contributed by atoms with Crippen molar-refractivity contribution in [3.63, 3.8) is 0 Å². The molecule has 0 aliphatic heterocycles. The van der Waals surface area contributed by atoms with Crippen LogP contribution in [-0.4, -0.2) is 23.7 Å². The van der Waals surface area contributed by atoms with Crippen LogP contribution in [0.15, 0.2) is 35.3 Å². The third-order valence-corrected chi connectivity index (χ3v) is 2.70. The van der Waals surface area contributed by atoms with Crippen LogP contribution in [-0.2, 0) is 9.53 Å². The van der Waals surface area contributed by atoms with Gasteiger partial charge in [-0.15, -0.1) is 0 Å². The van der Waals surface area contributed by atoms with E-state index in [1.54, 1.807) is 44.3 Å². The molecule has 0 unspecified atom stereocenters. The molecule has 2 rings (SSSR count). The second-order valence-electron chi connectivity index (χ2n) is 4.04. The summed E-state index contributed by atoms with van der Waals surface area (Å²) in [6.07, 6.45) is 0.830. The van der Waals surface area contributed by atoms with E-state index >= 15 is 0 Å². The van der Waals surface area contributed by atoms with Crippen LogP contribution in [0.3, 0.4) is 0 Å². The Morgan fingerprint density at radius 3 is 2.84 bits per heavy atom. The summed E-state index contributed by atoms with van der Waals surface area (Å²) >= 11 is 0. The van der Waals surface area contributed by atoms with Crippen molar-refractivity contribution < 1.29 is 14.3 Å². The van der Waals surface area contributed by atoms with Gasteiger partial charge in [0.15, 0.2) is 6.10 Å². The maximum Gasteiger partial charge on any atom is 0.347 e. The number of pyridine rings is 1. The number of ether oxygens (including phenoxy) is 2. The molecule has 0 amide bonds. The molecule has 1 atom stereocenters. The van der Waals surface area contributed by atoms with Crippen molar-refractivity contribution in [2.75, 3.05) is 6.61 Å². The number of fused-ring (bicyclic) bond motifs is 1. The highest BCUT2D eigenvalue weighted by Gasteiger charge is 2.17. The summed E-state index contributed by atoms with van der Waals surface area (Å²) in [4.78, 5) is 25.8. The molecule has 0 bridgehead atoms. The number of carbonyl (C=O) groups is 1. The predicted molar refractivity (Wildman–Crippen MR) is 71.3 cm³/mol. The third kappa shape index (κ3) is 2.76. The van der Waals surface area contributed by atoms with Gasteiger partial charge in [-0.05, 0) is 32.0 Å². The van der Waals surface area contributed by atoms with Gasteiger partial charge in [0, 0.05) is 11.6 Å². The van der Waals surface area contributed by atoms with E-state index in [1.165, 1.54) is 0 Å². The van der Waals surface area contributed by atoms with E-state index in [4.69, 9.17) is 9.47 Å². The Morgan fingerprint density at radius 1 is 1.32 bits per heavy atom. The predicted octanol–water partition coefficient (Wildman–Crippen LogP) is 1.86. The van der Waals surface area contributed by atoms with Gasteiger partial charge in [-0.2, -0.15) is 0 Å². The molecule has 1 aromatic carbocycles. The van der Waals surface area contributed by atoms with Crippen LogP contribution in [0.4, 0.5) is 0 Å². The number of hydrogen-bond donors (Lipinski definition) is 1. The molecule has 1 N–H and O–H groups in total. The monoisotopic (exact) mass is 261 g/mol. The van der Waals surface area contributed by atoms with E-state index in [0.717, 1.165) is 0 Å². The minimum atomic E-state index is -0.718. The second kappa shape index (κ2) is 5.56. The van der Waals surface area contributed by atoms with Gasteiger partial charge in [0.05, 0.1) is 12.0 Å². The molecule has 19 heavy (non-hydrogen) atoms. The van der Waals surface area contributed by atoms with Crippen molar-refractivity contribution in [3.05, 3.63) is 40.8 Å². The first-order valence-electron chi connectivity index (χ1n) is 6.07. The lowest BCUT2D eigenvalue weighted by Gasteiger charge is -2.14. The molecular weight excluding hydrogens is 246 g/mol. The molecule has 1 heterocycles.